The van der Waals surface area contributed by atoms with E-state index in [-0.39, 0.29) is 11.9 Å². The molecule has 0 fully saturated rings. The SMILES string of the molecule is Cc1ccc(C(=N)N)cc1OC(C)C. The molecule has 0 aromatic heterocycles. The largest absolute Gasteiger partial charge is 0.491 e. The fourth-order valence-electron chi connectivity index (χ4n) is 1.15. The highest BCUT2D eigenvalue weighted by Gasteiger charge is 2.04. The molecule has 1 aromatic rings. The van der Waals surface area contributed by atoms with Gasteiger partial charge in [0.15, 0.2) is 0 Å². The number of nitrogens with one attached hydrogen (secondary N) is 1. The Balaban J connectivity index is 3.02. The van der Waals surface area contributed by atoms with Gasteiger partial charge in [0.05, 0.1) is 6.10 Å². The predicted molar refractivity (Wildman–Crippen MR) is 58.0 cm³/mol. The smallest absolute Gasteiger partial charge is 0.123 e. The van der Waals surface area contributed by atoms with Crippen LogP contribution in [0.4, 0.5) is 0 Å². The molecule has 0 amide bonds. The molecule has 1 rings (SSSR count). The van der Waals surface area contributed by atoms with Crippen molar-refractivity contribution >= 4 is 5.84 Å². The van der Waals surface area contributed by atoms with E-state index in [2.05, 4.69) is 0 Å². The van der Waals surface area contributed by atoms with Crippen molar-refractivity contribution in [3.8, 4) is 5.75 Å². The summed E-state index contributed by atoms with van der Waals surface area (Å²) in [6, 6.07) is 5.54. The number of rotatable bonds is 3. The molecule has 0 unspecified atom stereocenters. The van der Waals surface area contributed by atoms with E-state index in [1.165, 1.54) is 0 Å². The number of hydrogen-bond donors (Lipinski definition) is 2. The zero-order valence-electron chi connectivity index (χ0n) is 8.79. The van der Waals surface area contributed by atoms with Crippen LogP contribution in [-0.4, -0.2) is 11.9 Å². The fraction of sp³-hybridized carbons (Fsp3) is 0.364. The topological polar surface area (TPSA) is 59.1 Å². The molecular formula is C11H16N2O. The third kappa shape index (κ3) is 2.49. The van der Waals surface area contributed by atoms with Gasteiger partial charge in [-0.25, -0.2) is 0 Å². The van der Waals surface area contributed by atoms with Gasteiger partial charge in [-0.05, 0) is 32.4 Å². The van der Waals surface area contributed by atoms with Crippen molar-refractivity contribution < 1.29 is 4.74 Å². The molecule has 0 radical (unpaired) electrons. The second-order valence-corrected chi connectivity index (χ2v) is 3.56. The van der Waals surface area contributed by atoms with E-state index in [1.54, 1.807) is 6.07 Å². The van der Waals surface area contributed by atoms with Crippen molar-refractivity contribution in [2.75, 3.05) is 0 Å². The highest BCUT2D eigenvalue weighted by atomic mass is 16.5. The number of nitrogens with two attached hydrogens (primary N) is 1. The summed E-state index contributed by atoms with van der Waals surface area (Å²) in [5.74, 6) is 0.867. The molecule has 0 heterocycles. The molecular weight excluding hydrogens is 176 g/mol. The summed E-state index contributed by atoms with van der Waals surface area (Å²) >= 11 is 0. The van der Waals surface area contributed by atoms with Gasteiger partial charge in [-0.1, -0.05) is 12.1 Å². The molecule has 0 atom stereocenters. The van der Waals surface area contributed by atoms with Crippen LogP contribution in [0, 0.1) is 12.3 Å². The first-order valence-corrected chi connectivity index (χ1v) is 4.62. The number of nitrogen functional groups attached to an aromatic ring is 1. The Morgan fingerprint density at radius 1 is 1.43 bits per heavy atom. The molecule has 0 bridgehead atoms. The van der Waals surface area contributed by atoms with Crippen molar-refractivity contribution in [1.29, 1.82) is 5.41 Å². The van der Waals surface area contributed by atoms with Crippen molar-refractivity contribution in [3.05, 3.63) is 29.3 Å². The third-order valence-corrected chi connectivity index (χ3v) is 1.86. The van der Waals surface area contributed by atoms with Crippen LogP contribution in [0.1, 0.15) is 25.0 Å². The number of ether oxygens (including phenoxy) is 1. The third-order valence-electron chi connectivity index (χ3n) is 1.86. The first kappa shape index (κ1) is 10.6. The lowest BCUT2D eigenvalue weighted by Gasteiger charge is -2.13. The summed E-state index contributed by atoms with van der Waals surface area (Å²) in [5.41, 5.74) is 7.15. The zero-order valence-corrected chi connectivity index (χ0v) is 8.79. The quantitative estimate of drug-likeness (QED) is 0.569. The molecule has 1 aromatic carbocycles. The highest BCUT2D eigenvalue weighted by Crippen LogP contribution is 2.20. The predicted octanol–water partition coefficient (Wildman–Crippen LogP) is 2.07. The molecule has 0 aliphatic rings. The Bertz CT molecular complexity index is 345. The van der Waals surface area contributed by atoms with E-state index in [0.717, 1.165) is 11.3 Å². The molecule has 3 heteroatoms. The van der Waals surface area contributed by atoms with Crippen LogP contribution in [0.5, 0.6) is 5.75 Å². The molecule has 14 heavy (non-hydrogen) atoms. The van der Waals surface area contributed by atoms with Gasteiger partial charge in [-0.2, -0.15) is 0 Å². The molecule has 0 saturated heterocycles. The van der Waals surface area contributed by atoms with Crippen LogP contribution in [0.25, 0.3) is 0 Å². The normalized spacial score (nSPS) is 10.3. The highest BCUT2D eigenvalue weighted by molar-refractivity contribution is 5.95. The van der Waals surface area contributed by atoms with Crippen LogP contribution >= 0.6 is 0 Å². The first-order chi connectivity index (χ1) is 6.50. The summed E-state index contributed by atoms with van der Waals surface area (Å²) in [7, 11) is 0. The van der Waals surface area contributed by atoms with E-state index in [1.807, 2.05) is 32.9 Å². The molecule has 0 saturated carbocycles. The lowest BCUT2D eigenvalue weighted by atomic mass is 10.1. The minimum Gasteiger partial charge on any atom is -0.491 e. The second-order valence-electron chi connectivity index (χ2n) is 3.56. The average molecular weight is 192 g/mol. The Morgan fingerprint density at radius 2 is 2.07 bits per heavy atom. The summed E-state index contributed by atoms with van der Waals surface area (Å²) in [6.45, 7) is 5.92. The Morgan fingerprint density at radius 3 is 2.57 bits per heavy atom. The molecule has 0 aliphatic heterocycles. The Kier molecular flexibility index (Phi) is 3.12. The van der Waals surface area contributed by atoms with Crippen molar-refractivity contribution in [2.45, 2.75) is 26.9 Å². The monoisotopic (exact) mass is 192 g/mol. The number of benzene rings is 1. The minimum atomic E-state index is 0.0682. The lowest BCUT2D eigenvalue weighted by Crippen LogP contribution is -2.12. The minimum absolute atomic E-state index is 0.0682. The van der Waals surface area contributed by atoms with Crippen molar-refractivity contribution in [2.24, 2.45) is 5.73 Å². The number of amidine groups is 1. The van der Waals surface area contributed by atoms with E-state index in [9.17, 15) is 0 Å². The fourth-order valence-corrected chi connectivity index (χ4v) is 1.15. The second kappa shape index (κ2) is 4.13. The van der Waals surface area contributed by atoms with E-state index >= 15 is 0 Å². The van der Waals surface area contributed by atoms with Crippen LogP contribution in [0.15, 0.2) is 18.2 Å². The molecule has 76 valence electrons. The maximum atomic E-state index is 7.31. The van der Waals surface area contributed by atoms with Crippen LogP contribution in [0.2, 0.25) is 0 Å². The van der Waals surface area contributed by atoms with E-state index < -0.39 is 0 Å². The summed E-state index contributed by atoms with van der Waals surface area (Å²) in [6.07, 6.45) is 0.135. The maximum Gasteiger partial charge on any atom is 0.123 e. The van der Waals surface area contributed by atoms with Crippen LogP contribution in [-0.2, 0) is 0 Å². The van der Waals surface area contributed by atoms with E-state index in [4.69, 9.17) is 15.9 Å². The van der Waals surface area contributed by atoms with Gasteiger partial charge in [0.25, 0.3) is 0 Å². The Labute approximate surface area is 84.4 Å². The van der Waals surface area contributed by atoms with Gasteiger partial charge >= 0.3 is 0 Å². The van der Waals surface area contributed by atoms with Gasteiger partial charge in [0.1, 0.15) is 11.6 Å². The summed E-state index contributed by atoms with van der Waals surface area (Å²) in [4.78, 5) is 0. The lowest BCUT2D eigenvalue weighted by molar-refractivity contribution is 0.241. The standard InChI is InChI=1S/C11H16N2O/c1-7(2)14-10-6-9(11(12)13)5-4-8(10)3/h4-7H,1-3H3,(H3,12,13). The molecule has 0 aliphatic carbocycles. The maximum absolute atomic E-state index is 7.31. The molecule has 0 spiro atoms. The number of hydrogen-bond acceptors (Lipinski definition) is 2. The molecule has 3 N–H and O–H groups in total. The van der Waals surface area contributed by atoms with E-state index in [0.29, 0.717) is 5.56 Å². The van der Waals surface area contributed by atoms with Crippen LogP contribution in [0.3, 0.4) is 0 Å². The molecule has 3 nitrogen and oxygen atoms in total. The summed E-state index contributed by atoms with van der Waals surface area (Å²) in [5, 5.41) is 7.31. The summed E-state index contributed by atoms with van der Waals surface area (Å²) < 4.78 is 5.58. The average Bonchev–Trinajstić information content (AvgIpc) is 2.07. The zero-order chi connectivity index (χ0) is 10.7. The van der Waals surface area contributed by atoms with Crippen LogP contribution < -0.4 is 10.5 Å². The van der Waals surface area contributed by atoms with Crippen molar-refractivity contribution in [1.82, 2.24) is 0 Å². The number of aryl methyl sites for hydroxylation is 1. The first-order valence-electron chi connectivity index (χ1n) is 4.62. The van der Waals surface area contributed by atoms with Gasteiger partial charge in [0, 0.05) is 5.56 Å². The van der Waals surface area contributed by atoms with Gasteiger partial charge in [-0.15, -0.1) is 0 Å². The van der Waals surface area contributed by atoms with Gasteiger partial charge in [-0.3, -0.25) is 5.41 Å². The van der Waals surface area contributed by atoms with Crippen molar-refractivity contribution in [3.63, 3.8) is 0 Å². The van der Waals surface area contributed by atoms with Gasteiger partial charge < -0.3 is 10.5 Å². The van der Waals surface area contributed by atoms with Gasteiger partial charge in [0.2, 0.25) is 0 Å². The Hall–Kier alpha value is -1.51.